The lowest BCUT2D eigenvalue weighted by Gasteiger charge is -2.31. The van der Waals surface area contributed by atoms with Crippen molar-refractivity contribution in [1.29, 1.82) is 0 Å². The van der Waals surface area contributed by atoms with Gasteiger partial charge >= 0.3 is 0 Å². The summed E-state index contributed by atoms with van der Waals surface area (Å²) in [5, 5.41) is 13.7. The fourth-order valence-corrected chi connectivity index (χ4v) is 3.04. The smallest absolute Gasteiger partial charge is 0.271 e. The lowest BCUT2D eigenvalue weighted by atomic mass is 9.96. The van der Waals surface area contributed by atoms with Crippen LogP contribution in [0.15, 0.2) is 41.2 Å². The van der Waals surface area contributed by atoms with Gasteiger partial charge in [0.2, 0.25) is 5.91 Å². The third-order valence-electron chi connectivity index (χ3n) is 4.54. The Morgan fingerprint density at radius 2 is 2.15 bits per heavy atom. The highest BCUT2D eigenvalue weighted by atomic mass is 16.6. The molecule has 8 heteroatoms. The van der Waals surface area contributed by atoms with Crippen molar-refractivity contribution < 1.29 is 18.9 Å². The molecule has 1 aromatic carbocycles. The van der Waals surface area contributed by atoms with Gasteiger partial charge in [-0.3, -0.25) is 19.7 Å². The lowest BCUT2D eigenvalue weighted by molar-refractivity contribution is -0.384. The molecule has 2 aromatic rings. The quantitative estimate of drug-likeness (QED) is 0.669. The number of furan rings is 1. The van der Waals surface area contributed by atoms with Crippen LogP contribution >= 0.6 is 0 Å². The first-order valence-electron chi connectivity index (χ1n) is 8.33. The maximum absolute atomic E-state index is 12.6. The zero-order chi connectivity index (χ0) is 18.7. The fraction of sp³-hybridized carbons (Fsp3) is 0.333. The number of non-ortho nitro benzene ring substituents is 1. The summed E-state index contributed by atoms with van der Waals surface area (Å²) in [5.74, 6) is -0.765. The summed E-state index contributed by atoms with van der Waals surface area (Å²) in [6, 6.07) is 5.95. The van der Waals surface area contributed by atoms with Crippen LogP contribution in [0.1, 0.15) is 28.8 Å². The normalized spacial score (nSPS) is 17.0. The average Bonchev–Trinajstić information content (AvgIpc) is 3.17. The number of benzene rings is 1. The number of hydrogen-bond donors (Lipinski definition) is 1. The highest BCUT2D eigenvalue weighted by Gasteiger charge is 2.29. The van der Waals surface area contributed by atoms with Crippen LogP contribution in [0.25, 0.3) is 0 Å². The van der Waals surface area contributed by atoms with E-state index in [1.807, 2.05) is 0 Å². The Morgan fingerprint density at radius 3 is 2.85 bits per heavy atom. The number of rotatable bonds is 4. The molecule has 136 valence electrons. The Kier molecular flexibility index (Phi) is 5.01. The standard InChI is InChI=1S/C18H19N3O5/c1-12-4-5-15(21(24)25)9-16(12)19-17(22)13-3-2-7-20(10-13)18(23)14-6-8-26-11-14/h4-6,8-9,11,13H,2-3,7,10H2,1H3,(H,19,22)/t13-/m0/s1. The van der Waals surface area contributed by atoms with Crippen molar-refractivity contribution in [3.05, 3.63) is 58.0 Å². The molecule has 0 unspecified atom stereocenters. The lowest BCUT2D eigenvalue weighted by Crippen LogP contribution is -2.43. The van der Waals surface area contributed by atoms with Crippen molar-refractivity contribution in [2.45, 2.75) is 19.8 Å². The molecule has 1 aromatic heterocycles. The number of nitrogens with zero attached hydrogens (tertiary/aromatic N) is 2. The Balaban J connectivity index is 1.69. The van der Waals surface area contributed by atoms with E-state index in [0.717, 1.165) is 12.0 Å². The van der Waals surface area contributed by atoms with Gasteiger partial charge in [-0.05, 0) is 31.4 Å². The van der Waals surface area contributed by atoms with Gasteiger partial charge < -0.3 is 14.6 Å². The number of hydrogen-bond acceptors (Lipinski definition) is 5. The average molecular weight is 357 g/mol. The molecular formula is C18H19N3O5. The number of nitro benzene ring substituents is 1. The van der Waals surface area contributed by atoms with Gasteiger partial charge in [-0.15, -0.1) is 0 Å². The predicted molar refractivity (Wildman–Crippen MR) is 93.8 cm³/mol. The number of nitro groups is 1. The van der Waals surface area contributed by atoms with E-state index in [1.165, 1.54) is 24.7 Å². The van der Waals surface area contributed by atoms with Crippen molar-refractivity contribution in [3.63, 3.8) is 0 Å². The van der Waals surface area contributed by atoms with Crippen LogP contribution < -0.4 is 5.32 Å². The highest BCUT2D eigenvalue weighted by molar-refractivity contribution is 5.96. The van der Waals surface area contributed by atoms with Gasteiger partial charge in [0.25, 0.3) is 11.6 Å². The number of likely N-dealkylation sites (tertiary alicyclic amines) is 1. The molecule has 1 saturated heterocycles. The van der Waals surface area contributed by atoms with E-state index in [4.69, 9.17) is 4.42 Å². The Bertz CT molecular complexity index is 831. The molecule has 8 nitrogen and oxygen atoms in total. The van der Waals surface area contributed by atoms with Crippen molar-refractivity contribution in [1.82, 2.24) is 4.90 Å². The molecule has 1 aliphatic heterocycles. The largest absolute Gasteiger partial charge is 0.472 e. The van der Waals surface area contributed by atoms with Crippen molar-refractivity contribution >= 4 is 23.2 Å². The van der Waals surface area contributed by atoms with Crippen LogP contribution in [0.3, 0.4) is 0 Å². The van der Waals surface area contributed by atoms with E-state index in [-0.39, 0.29) is 23.4 Å². The molecule has 0 saturated carbocycles. The summed E-state index contributed by atoms with van der Waals surface area (Å²) in [5.41, 5.74) is 1.54. The van der Waals surface area contributed by atoms with E-state index in [9.17, 15) is 19.7 Å². The third-order valence-corrected chi connectivity index (χ3v) is 4.54. The number of nitrogens with one attached hydrogen (secondary N) is 1. The highest BCUT2D eigenvalue weighted by Crippen LogP contribution is 2.25. The number of amides is 2. The second-order valence-electron chi connectivity index (χ2n) is 6.35. The second kappa shape index (κ2) is 7.38. The van der Waals surface area contributed by atoms with Gasteiger partial charge in [0.15, 0.2) is 0 Å². The molecule has 1 N–H and O–H groups in total. The topological polar surface area (TPSA) is 106 Å². The molecule has 2 amide bonds. The molecule has 0 spiro atoms. The second-order valence-corrected chi connectivity index (χ2v) is 6.35. The zero-order valence-corrected chi connectivity index (χ0v) is 14.3. The van der Waals surface area contributed by atoms with E-state index >= 15 is 0 Å². The van der Waals surface area contributed by atoms with E-state index in [2.05, 4.69) is 5.32 Å². The number of anilines is 1. The van der Waals surface area contributed by atoms with Gasteiger partial charge in [-0.1, -0.05) is 6.07 Å². The first-order chi connectivity index (χ1) is 12.5. The summed E-state index contributed by atoms with van der Waals surface area (Å²) in [4.78, 5) is 37.1. The summed E-state index contributed by atoms with van der Waals surface area (Å²) in [6.45, 7) is 2.67. The maximum Gasteiger partial charge on any atom is 0.271 e. The van der Waals surface area contributed by atoms with Crippen molar-refractivity contribution in [2.75, 3.05) is 18.4 Å². The molecular weight excluding hydrogens is 338 g/mol. The van der Waals surface area contributed by atoms with Crippen LogP contribution in [0.2, 0.25) is 0 Å². The van der Waals surface area contributed by atoms with E-state index in [1.54, 1.807) is 24.0 Å². The molecule has 2 heterocycles. The molecule has 0 bridgehead atoms. The van der Waals surface area contributed by atoms with Gasteiger partial charge in [-0.25, -0.2) is 0 Å². The summed E-state index contributed by atoms with van der Waals surface area (Å²) < 4.78 is 4.94. The molecule has 3 rings (SSSR count). The number of aryl methyl sites for hydroxylation is 1. The molecule has 0 radical (unpaired) electrons. The molecule has 26 heavy (non-hydrogen) atoms. The molecule has 1 aliphatic rings. The third kappa shape index (κ3) is 3.74. The minimum absolute atomic E-state index is 0.0775. The van der Waals surface area contributed by atoms with E-state index < -0.39 is 4.92 Å². The Labute approximate surface area is 149 Å². The molecule has 1 atom stereocenters. The first-order valence-corrected chi connectivity index (χ1v) is 8.33. The molecule has 1 fully saturated rings. The van der Waals surface area contributed by atoms with Gasteiger partial charge in [0.05, 0.1) is 28.4 Å². The SMILES string of the molecule is Cc1ccc([N+](=O)[O-])cc1NC(=O)[C@H]1CCCN(C(=O)c2ccoc2)C1. The fourth-order valence-electron chi connectivity index (χ4n) is 3.04. The minimum atomic E-state index is -0.499. The van der Waals surface area contributed by atoms with Crippen molar-refractivity contribution in [3.8, 4) is 0 Å². The van der Waals surface area contributed by atoms with Gasteiger partial charge in [-0.2, -0.15) is 0 Å². The van der Waals surface area contributed by atoms with Crippen LogP contribution in [0.5, 0.6) is 0 Å². The summed E-state index contributed by atoms with van der Waals surface area (Å²) >= 11 is 0. The minimum Gasteiger partial charge on any atom is -0.472 e. The summed E-state index contributed by atoms with van der Waals surface area (Å²) in [6.07, 6.45) is 4.20. The molecule has 0 aliphatic carbocycles. The number of carbonyl (C=O) groups is 2. The number of piperidine rings is 1. The van der Waals surface area contributed by atoms with Gasteiger partial charge in [0, 0.05) is 25.2 Å². The van der Waals surface area contributed by atoms with Crippen LogP contribution in [-0.4, -0.2) is 34.7 Å². The predicted octanol–water partition coefficient (Wildman–Crippen LogP) is 2.99. The van der Waals surface area contributed by atoms with Crippen LogP contribution in [0.4, 0.5) is 11.4 Å². The Hall–Kier alpha value is -3.16. The van der Waals surface area contributed by atoms with Crippen LogP contribution in [-0.2, 0) is 4.79 Å². The monoisotopic (exact) mass is 357 g/mol. The van der Waals surface area contributed by atoms with Gasteiger partial charge in [0.1, 0.15) is 6.26 Å². The summed E-state index contributed by atoms with van der Waals surface area (Å²) in [7, 11) is 0. The Morgan fingerprint density at radius 1 is 1.35 bits per heavy atom. The number of carbonyl (C=O) groups excluding carboxylic acids is 2. The maximum atomic E-state index is 12.6. The van der Waals surface area contributed by atoms with E-state index in [0.29, 0.717) is 30.8 Å². The zero-order valence-electron chi connectivity index (χ0n) is 14.3. The van der Waals surface area contributed by atoms with Crippen molar-refractivity contribution in [2.24, 2.45) is 5.92 Å². The first kappa shape index (κ1) is 17.7. The van der Waals surface area contributed by atoms with Crippen LogP contribution in [0, 0.1) is 23.0 Å².